The van der Waals surface area contributed by atoms with E-state index in [0.717, 1.165) is 52.0 Å². The van der Waals surface area contributed by atoms with E-state index in [4.69, 9.17) is 0 Å². The van der Waals surface area contributed by atoms with Gasteiger partial charge in [-0.15, -0.1) is 0 Å². The summed E-state index contributed by atoms with van der Waals surface area (Å²) in [7, 11) is 0. The van der Waals surface area contributed by atoms with Crippen LogP contribution in [0.25, 0.3) is 0 Å². The maximum Gasteiger partial charge on any atom is 0.240 e. The highest BCUT2D eigenvalue weighted by molar-refractivity contribution is 5.80. The van der Waals surface area contributed by atoms with Gasteiger partial charge >= 0.3 is 0 Å². The van der Waals surface area contributed by atoms with Crippen LogP contribution in [0.5, 0.6) is 0 Å². The summed E-state index contributed by atoms with van der Waals surface area (Å²) in [5.74, 6) is 0.271. The third-order valence-electron chi connectivity index (χ3n) is 3.77. The lowest BCUT2D eigenvalue weighted by atomic mass is 10.3. The zero-order chi connectivity index (χ0) is 12.8. The van der Waals surface area contributed by atoms with Crippen molar-refractivity contribution in [2.24, 2.45) is 0 Å². The molecular formula is C14H25N3O. The molecule has 1 heterocycles. The van der Waals surface area contributed by atoms with Crippen LogP contribution in [0, 0.1) is 0 Å². The highest BCUT2D eigenvalue weighted by atomic mass is 16.2. The van der Waals surface area contributed by atoms with Crippen LogP contribution in [0.1, 0.15) is 32.6 Å². The van der Waals surface area contributed by atoms with Gasteiger partial charge in [-0.25, -0.2) is 0 Å². The number of rotatable bonds is 4. The van der Waals surface area contributed by atoms with Crippen LogP contribution in [0.4, 0.5) is 0 Å². The molecule has 0 unspecified atom stereocenters. The van der Waals surface area contributed by atoms with Crippen molar-refractivity contribution in [2.45, 2.75) is 32.6 Å². The topological polar surface area (TPSA) is 35.6 Å². The lowest BCUT2D eigenvalue weighted by Gasteiger charge is -2.26. The van der Waals surface area contributed by atoms with E-state index >= 15 is 0 Å². The van der Waals surface area contributed by atoms with Crippen molar-refractivity contribution in [3.05, 3.63) is 11.8 Å². The Morgan fingerprint density at radius 3 is 3.00 bits per heavy atom. The van der Waals surface area contributed by atoms with Crippen molar-refractivity contribution in [2.75, 3.05) is 39.3 Å². The van der Waals surface area contributed by atoms with Gasteiger partial charge in [-0.1, -0.05) is 6.08 Å². The largest absolute Gasteiger partial charge is 0.316 e. The van der Waals surface area contributed by atoms with E-state index in [-0.39, 0.29) is 5.91 Å². The molecule has 1 saturated heterocycles. The van der Waals surface area contributed by atoms with Crippen LogP contribution in [-0.2, 0) is 4.79 Å². The summed E-state index contributed by atoms with van der Waals surface area (Å²) in [6.07, 6.45) is 6.77. The Balaban J connectivity index is 1.88. The minimum Gasteiger partial charge on any atom is -0.316 e. The molecule has 0 spiro atoms. The molecule has 18 heavy (non-hydrogen) atoms. The number of carbonyl (C=O) groups excluding carboxylic acids is 1. The first kappa shape index (κ1) is 13.6. The summed E-state index contributed by atoms with van der Waals surface area (Å²) >= 11 is 0. The lowest BCUT2D eigenvalue weighted by molar-refractivity contribution is -0.130. The summed E-state index contributed by atoms with van der Waals surface area (Å²) in [5.41, 5.74) is 1.25. The quantitative estimate of drug-likeness (QED) is 0.815. The molecular weight excluding hydrogens is 226 g/mol. The molecule has 0 aromatic carbocycles. The third-order valence-corrected chi connectivity index (χ3v) is 3.77. The van der Waals surface area contributed by atoms with Gasteiger partial charge < -0.3 is 10.2 Å². The van der Waals surface area contributed by atoms with Crippen molar-refractivity contribution in [3.8, 4) is 0 Å². The number of allylic oxidation sites excluding steroid dienone is 2. The molecule has 0 atom stereocenters. The van der Waals surface area contributed by atoms with Gasteiger partial charge in [0.15, 0.2) is 0 Å². The van der Waals surface area contributed by atoms with E-state index in [1.54, 1.807) is 0 Å². The fraction of sp³-hybridized carbons (Fsp3) is 0.786. The molecule has 1 N–H and O–H groups in total. The number of nitrogens with zero attached hydrogens (tertiary/aromatic N) is 2. The molecule has 4 nitrogen and oxygen atoms in total. The van der Waals surface area contributed by atoms with Crippen LogP contribution < -0.4 is 5.32 Å². The molecule has 0 bridgehead atoms. The average molecular weight is 251 g/mol. The van der Waals surface area contributed by atoms with Gasteiger partial charge in [-0.2, -0.15) is 0 Å². The minimum atomic E-state index is 0.271. The van der Waals surface area contributed by atoms with Crippen LogP contribution >= 0.6 is 0 Å². The molecule has 1 amide bonds. The molecule has 0 aromatic heterocycles. The summed E-state index contributed by atoms with van der Waals surface area (Å²) in [5, 5.41) is 3.37. The van der Waals surface area contributed by atoms with Gasteiger partial charge in [-0.3, -0.25) is 9.69 Å². The SMILES string of the molecule is CCN(C(=O)CN1CCCNCC1)C1=CCCC1. The van der Waals surface area contributed by atoms with Gasteiger partial charge in [-0.05, 0) is 45.7 Å². The Morgan fingerprint density at radius 1 is 1.39 bits per heavy atom. The van der Waals surface area contributed by atoms with Crippen molar-refractivity contribution >= 4 is 5.91 Å². The molecule has 1 aliphatic heterocycles. The lowest BCUT2D eigenvalue weighted by Crippen LogP contribution is -2.40. The molecule has 1 fully saturated rings. The standard InChI is InChI=1S/C14H25N3O/c1-2-17(13-6-3-4-7-13)14(18)12-16-10-5-8-15-9-11-16/h6,15H,2-5,7-12H2,1H3. The van der Waals surface area contributed by atoms with Gasteiger partial charge in [0.1, 0.15) is 0 Å². The van der Waals surface area contributed by atoms with Crippen LogP contribution in [-0.4, -0.2) is 55.0 Å². The summed E-state index contributed by atoms with van der Waals surface area (Å²) < 4.78 is 0. The normalized spacial score (nSPS) is 21.5. The number of likely N-dealkylation sites (N-methyl/N-ethyl adjacent to an activating group) is 1. The summed E-state index contributed by atoms with van der Waals surface area (Å²) in [4.78, 5) is 16.6. The Morgan fingerprint density at radius 2 is 2.28 bits per heavy atom. The molecule has 0 saturated carbocycles. The van der Waals surface area contributed by atoms with Crippen molar-refractivity contribution < 1.29 is 4.79 Å². The van der Waals surface area contributed by atoms with Crippen LogP contribution in [0.2, 0.25) is 0 Å². The number of amides is 1. The maximum absolute atomic E-state index is 12.4. The Kier molecular flexibility index (Phi) is 5.20. The fourth-order valence-corrected chi connectivity index (χ4v) is 2.78. The number of hydrogen-bond acceptors (Lipinski definition) is 3. The monoisotopic (exact) mass is 251 g/mol. The zero-order valence-electron chi connectivity index (χ0n) is 11.5. The minimum absolute atomic E-state index is 0.271. The molecule has 1 aliphatic carbocycles. The van der Waals surface area contributed by atoms with Gasteiger partial charge in [0.25, 0.3) is 0 Å². The van der Waals surface area contributed by atoms with Gasteiger partial charge in [0.05, 0.1) is 6.54 Å². The van der Waals surface area contributed by atoms with E-state index < -0.39 is 0 Å². The molecule has 2 aliphatic rings. The first-order valence-electron chi connectivity index (χ1n) is 7.23. The molecule has 102 valence electrons. The molecule has 0 radical (unpaired) electrons. The fourth-order valence-electron chi connectivity index (χ4n) is 2.78. The number of carbonyl (C=O) groups is 1. The molecule has 0 aromatic rings. The zero-order valence-corrected chi connectivity index (χ0v) is 11.5. The number of hydrogen-bond donors (Lipinski definition) is 1. The highest BCUT2D eigenvalue weighted by Crippen LogP contribution is 2.21. The van der Waals surface area contributed by atoms with Crippen molar-refractivity contribution in [1.29, 1.82) is 0 Å². The molecule has 2 rings (SSSR count). The second-order valence-corrected chi connectivity index (χ2v) is 5.11. The van der Waals surface area contributed by atoms with E-state index in [9.17, 15) is 4.79 Å². The molecule has 4 heteroatoms. The predicted molar refractivity (Wildman–Crippen MR) is 73.2 cm³/mol. The average Bonchev–Trinajstić information content (AvgIpc) is 2.76. The van der Waals surface area contributed by atoms with E-state index in [2.05, 4.69) is 23.2 Å². The van der Waals surface area contributed by atoms with Gasteiger partial charge in [0, 0.05) is 25.3 Å². The Labute approximate surface area is 110 Å². The van der Waals surface area contributed by atoms with Crippen LogP contribution in [0.3, 0.4) is 0 Å². The van der Waals surface area contributed by atoms with E-state index in [0.29, 0.717) is 6.54 Å². The highest BCUT2D eigenvalue weighted by Gasteiger charge is 2.21. The third kappa shape index (κ3) is 3.56. The van der Waals surface area contributed by atoms with E-state index in [1.807, 2.05) is 4.90 Å². The summed E-state index contributed by atoms with van der Waals surface area (Å²) in [6, 6.07) is 0. The van der Waals surface area contributed by atoms with E-state index in [1.165, 1.54) is 12.1 Å². The Hall–Kier alpha value is -0.870. The Bertz CT molecular complexity index is 306. The van der Waals surface area contributed by atoms with Crippen LogP contribution in [0.15, 0.2) is 11.8 Å². The second-order valence-electron chi connectivity index (χ2n) is 5.11. The maximum atomic E-state index is 12.4. The first-order chi connectivity index (χ1) is 8.81. The smallest absolute Gasteiger partial charge is 0.240 e. The first-order valence-corrected chi connectivity index (χ1v) is 7.23. The van der Waals surface area contributed by atoms with Crippen molar-refractivity contribution in [1.82, 2.24) is 15.1 Å². The predicted octanol–water partition coefficient (Wildman–Crippen LogP) is 1.20. The number of nitrogens with one attached hydrogen (secondary N) is 1. The second kappa shape index (κ2) is 6.90. The van der Waals surface area contributed by atoms with Gasteiger partial charge in [0.2, 0.25) is 5.91 Å². The van der Waals surface area contributed by atoms with Crippen molar-refractivity contribution in [3.63, 3.8) is 0 Å². The summed E-state index contributed by atoms with van der Waals surface area (Å²) in [6.45, 7) is 7.55.